The number of aryl methyl sites for hydroxylation is 1. The van der Waals surface area contributed by atoms with E-state index >= 15 is 0 Å². The van der Waals surface area contributed by atoms with Crippen LogP contribution >= 0.6 is 0 Å². The minimum Gasteiger partial charge on any atom is -0.451 e. The normalized spacial score (nSPS) is 11.9. The molecule has 0 bridgehead atoms. The van der Waals surface area contributed by atoms with Gasteiger partial charge in [0.1, 0.15) is 5.69 Å². The van der Waals surface area contributed by atoms with Crippen molar-refractivity contribution in [2.45, 2.75) is 40.2 Å². The summed E-state index contributed by atoms with van der Waals surface area (Å²) in [6, 6.07) is 9.37. The van der Waals surface area contributed by atoms with E-state index in [1.165, 1.54) is 24.8 Å². The van der Waals surface area contributed by atoms with Gasteiger partial charge in [-0.3, -0.25) is 9.59 Å². The zero-order chi connectivity index (χ0) is 20.0. The van der Waals surface area contributed by atoms with E-state index in [2.05, 4.69) is 29.4 Å². The van der Waals surface area contributed by atoms with Crippen LogP contribution in [0.25, 0.3) is 0 Å². The largest absolute Gasteiger partial charge is 0.451 e. The van der Waals surface area contributed by atoms with Crippen molar-refractivity contribution >= 4 is 17.7 Å². The zero-order valence-corrected chi connectivity index (χ0v) is 16.2. The van der Waals surface area contributed by atoms with Crippen LogP contribution in [0.3, 0.4) is 0 Å². The number of ether oxygens (including phenoxy) is 1. The van der Waals surface area contributed by atoms with Gasteiger partial charge in [-0.05, 0) is 36.5 Å². The molecule has 0 unspecified atom stereocenters. The molecule has 2 N–H and O–H groups in total. The first-order valence-corrected chi connectivity index (χ1v) is 9.06. The van der Waals surface area contributed by atoms with Crippen molar-refractivity contribution in [1.82, 2.24) is 10.3 Å². The molecule has 1 aromatic heterocycles. The summed E-state index contributed by atoms with van der Waals surface area (Å²) < 4.78 is 5.04. The number of hydrogen-bond donors (Lipinski definition) is 2. The van der Waals surface area contributed by atoms with Gasteiger partial charge >= 0.3 is 5.97 Å². The molecule has 0 radical (unpaired) electrons. The van der Waals surface area contributed by atoms with E-state index in [4.69, 9.17) is 4.74 Å². The Balaban J connectivity index is 1.94. The second kappa shape index (κ2) is 9.16. The fourth-order valence-corrected chi connectivity index (χ4v) is 2.73. The molecular weight excluding hydrogens is 344 g/mol. The van der Waals surface area contributed by atoms with Crippen molar-refractivity contribution in [3.63, 3.8) is 0 Å². The van der Waals surface area contributed by atoms with E-state index in [0.29, 0.717) is 5.56 Å². The second-order valence-electron chi connectivity index (χ2n) is 6.82. The number of amides is 1. The number of esters is 1. The molecule has 0 spiro atoms. The molecular formula is C21H26N2O4. The number of hydrogen-bond acceptors (Lipinski definition) is 4. The van der Waals surface area contributed by atoms with E-state index < -0.39 is 5.97 Å². The number of benzene rings is 1. The fourth-order valence-electron chi connectivity index (χ4n) is 2.73. The fraction of sp³-hybridized carbons (Fsp3) is 0.381. The zero-order valence-electron chi connectivity index (χ0n) is 16.2. The first-order chi connectivity index (χ1) is 12.8. The van der Waals surface area contributed by atoms with Crippen LogP contribution in [0.2, 0.25) is 0 Å². The van der Waals surface area contributed by atoms with Crippen LogP contribution < -0.4 is 5.32 Å². The number of aromatic nitrogens is 1. The Morgan fingerprint density at radius 3 is 2.33 bits per heavy atom. The molecule has 27 heavy (non-hydrogen) atoms. The van der Waals surface area contributed by atoms with Gasteiger partial charge in [0.25, 0.3) is 5.91 Å². The molecule has 0 fully saturated rings. The summed E-state index contributed by atoms with van der Waals surface area (Å²) in [5.74, 6) is -1.03. The van der Waals surface area contributed by atoms with Gasteiger partial charge in [0, 0.05) is 11.8 Å². The third-order valence-corrected chi connectivity index (χ3v) is 4.37. The number of H-pyrrole nitrogens is 1. The molecule has 1 atom stereocenters. The summed E-state index contributed by atoms with van der Waals surface area (Å²) in [4.78, 5) is 38.2. The maximum atomic E-state index is 12.3. The number of carbonyl (C=O) groups is 3. The highest BCUT2D eigenvalue weighted by atomic mass is 16.5. The Hall–Kier alpha value is -2.89. The standard InChI is InChI=1S/C21H26N2O4/c1-5-15-6-8-16(9-7-15)20(13(2)3)23-19(25)12-27-21(26)18-10-17(11-22-18)14(4)24/h6-11,13,20,22H,5,12H2,1-4H3,(H,23,25)/t20-/m0/s1. The van der Waals surface area contributed by atoms with E-state index in [9.17, 15) is 14.4 Å². The van der Waals surface area contributed by atoms with Gasteiger partial charge in [0.2, 0.25) is 0 Å². The van der Waals surface area contributed by atoms with Gasteiger partial charge in [0.15, 0.2) is 12.4 Å². The first-order valence-electron chi connectivity index (χ1n) is 9.06. The maximum Gasteiger partial charge on any atom is 0.355 e. The molecule has 1 heterocycles. The third-order valence-electron chi connectivity index (χ3n) is 4.37. The van der Waals surface area contributed by atoms with Crippen molar-refractivity contribution in [3.8, 4) is 0 Å². The lowest BCUT2D eigenvalue weighted by molar-refractivity contribution is -0.125. The number of nitrogens with one attached hydrogen (secondary N) is 2. The van der Waals surface area contributed by atoms with Crippen molar-refractivity contribution in [2.24, 2.45) is 5.92 Å². The van der Waals surface area contributed by atoms with Crippen molar-refractivity contribution in [2.75, 3.05) is 6.61 Å². The third kappa shape index (κ3) is 5.54. The highest BCUT2D eigenvalue weighted by Crippen LogP contribution is 2.22. The predicted molar refractivity (Wildman–Crippen MR) is 103 cm³/mol. The van der Waals surface area contributed by atoms with E-state index in [0.717, 1.165) is 12.0 Å². The molecule has 0 aliphatic heterocycles. The molecule has 0 aliphatic carbocycles. The van der Waals surface area contributed by atoms with E-state index in [-0.39, 0.29) is 36.0 Å². The van der Waals surface area contributed by atoms with Crippen LogP contribution in [0.5, 0.6) is 0 Å². The summed E-state index contributed by atoms with van der Waals surface area (Å²) in [5, 5.41) is 2.92. The number of ketones is 1. The van der Waals surface area contributed by atoms with Crippen LogP contribution in [0.15, 0.2) is 36.5 Å². The summed E-state index contributed by atoms with van der Waals surface area (Å²) in [6.07, 6.45) is 2.40. The smallest absolute Gasteiger partial charge is 0.355 e. The Kier molecular flexibility index (Phi) is 6.93. The Morgan fingerprint density at radius 1 is 1.15 bits per heavy atom. The number of rotatable bonds is 8. The molecule has 6 heteroatoms. The Labute approximate surface area is 159 Å². The predicted octanol–water partition coefficient (Wildman–Crippen LogP) is 3.45. The minimum atomic E-state index is -0.675. The summed E-state index contributed by atoms with van der Waals surface area (Å²) in [7, 11) is 0. The number of Topliss-reactive ketones (excluding diaryl/α,β-unsaturated/α-hetero) is 1. The highest BCUT2D eigenvalue weighted by Gasteiger charge is 2.20. The Bertz CT molecular complexity index is 806. The summed E-state index contributed by atoms with van der Waals surface area (Å²) in [6.45, 7) is 7.16. The van der Waals surface area contributed by atoms with E-state index in [1.54, 1.807) is 0 Å². The SMILES string of the molecule is CCc1ccc([C@@H](NC(=O)COC(=O)c2cc(C(C)=O)c[nH]2)C(C)C)cc1. The summed E-state index contributed by atoms with van der Waals surface area (Å²) >= 11 is 0. The average Bonchev–Trinajstić information content (AvgIpc) is 3.14. The molecule has 2 aromatic rings. The lowest BCUT2D eigenvalue weighted by Crippen LogP contribution is -2.35. The van der Waals surface area contributed by atoms with Gasteiger partial charge in [0.05, 0.1) is 6.04 Å². The van der Waals surface area contributed by atoms with Gasteiger partial charge in [-0.1, -0.05) is 45.0 Å². The minimum absolute atomic E-state index is 0.142. The molecule has 2 rings (SSSR count). The average molecular weight is 370 g/mol. The molecule has 1 aromatic carbocycles. The van der Waals surface area contributed by atoms with Gasteiger partial charge in [-0.2, -0.15) is 0 Å². The van der Waals surface area contributed by atoms with Crippen molar-refractivity contribution in [1.29, 1.82) is 0 Å². The van der Waals surface area contributed by atoms with Crippen molar-refractivity contribution < 1.29 is 19.1 Å². The van der Waals surface area contributed by atoms with E-state index in [1.807, 2.05) is 26.0 Å². The lowest BCUT2D eigenvalue weighted by Gasteiger charge is -2.23. The lowest BCUT2D eigenvalue weighted by atomic mass is 9.95. The molecule has 0 saturated heterocycles. The van der Waals surface area contributed by atoms with Crippen LogP contribution in [0, 0.1) is 5.92 Å². The van der Waals surface area contributed by atoms with Crippen LogP contribution in [0.1, 0.15) is 65.7 Å². The highest BCUT2D eigenvalue weighted by molar-refractivity contribution is 5.97. The topological polar surface area (TPSA) is 88.3 Å². The molecule has 1 amide bonds. The van der Waals surface area contributed by atoms with Crippen LogP contribution in [-0.2, 0) is 16.0 Å². The summed E-state index contributed by atoms with van der Waals surface area (Å²) in [5.41, 5.74) is 2.78. The number of aromatic amines is 1. The van der Waals surface area contributed by atoms with Gasteiger partial charge < -0.3 is 15.0 Å². The molecule has 0 aliphatic rings. The van der Waals surface area contributed by atoms with Gasteiger partial charge in [-0.15, -0.1) is 0 Å². The number of carbonyl (C=O) groups excluding carboxylic acids is 3. The van der Waals surface area contributed by atoms with Crippen LogP contribution in [-0.4, -0.2) is 29.3 Å². The monoisotopic (exact) mass is 370 g/mol. The quantitative estimate of drug-likeness (QED) is 0.550. The molecule has 144 valence electrons. The van der Waals surface area contributed by atoms with Gasteiger partial charge in [-0.25, -0.2) is 4.79 Å². The van der Waals surface area contributed by atoms with Crippen molar-refractivity contribution in [3.05, 3.63) is 58.9 Å². The maximum absolute atomic E-state index is 12.3. The first kappa shape index (κ1) is 20.4. The Morgan fingerprint density at radius 2 is 1.81 bits per heavy atom. The second-order valence-corrected chi connectivity index (χ2v) is 6.82. The van der Waals surface area contributed by atoms with Crippen LogP contribution in [0.4, 0.5) is 0 Å². The molecule has 0 saturated carbocycles. The molecule has 6 nitrogen and oxygen atoms in total.